The summed E-state index contributed by atoms with van der Waals surface area (Å²) < 4.78 is 0. The second-order valence-corrected chi connectivity index (χ2v) is 3.91. The van der Waals surface area contributed by atoms with Crippen molar-refractivity contribution in [1.82, 2.24) is 0 Å². The minimum atomic E-state index is -0.469. The summed E-state index contributed by atoms with van der Waals surface area (Å²) in [6, 6.07) is 4.94. The highest BCUT2D eigenvalue weighted by Gasteiger charge is 2.16. The number of aliphatic hydroxyl groups excluding tert-OH is 1. The van der Waals surface area contributed by atoms with Crippen molar-refractivity contribution >= 4 is 11.4 Å². The molecule has 1 unspecified atom stereocenters. The van der Waals surface area contributed by atoms with E-state index in [0.717, 1.165) is 5.69 Å². The van der Waals surface area contributed by atoms with Crippen LogP contribution in [-0.2, 0) is 0 Å². The van der Waals surface area contributed by atoms with Crippen LogP contribution < -0.4 is 4.90 Å². The van der Waals surface area contributed by atoms with Gasteiger partial charge in [0.1, 0.15) is 0 Å². The maximum Gasteiger partial charge on any atom is 0.274 e. The van der Waals surface area contributed by atoms with E-state index in [1.54, 1.807) is 27.0 Å². The summed E-state index contributed by atoms with van der Waals surface area (Å²) in [7, 11) is 1.80. The zero-order chi connectivity index (χ0) is 12.3. The molecule has 0 bridgehead atoms. The highest BCUT2D eigenvalue weighted by atomic mass is 16.6. The van der Waals surface area contributed by atoms with E-state index in [1.807, 2.05) is 11.0 Å². The van der Waals surface area contributed by atoms with Gasteiger partial charge in [-0.25, -0.2) is 0 Å². The molecule has 0 radical (unpaired) electrons. The molecule has 0 aliphatic heterocycles. The molecule has 0 saturated heterocycles. The van der Waals surface area contributed by atoms with Gasteiger partial charge >= 0.3 is 0 Å². The number of nitro benzene ring substituents is 1. The molecule has 1 aromatic carbocycles. The van der Waals surface area contributed by atoms with Gasteiger partial charge < -0.3 is 10.0 Å². The van der Waals surface area contributed by atoms with Crippen molar-refractivity contribution in [3.8, 4) is 0 Å². The molecular weight excluding hydrogens is 208 g/mol. The molecule has 0 aliphatic rings. The first-order valence-electron chi connectivity index (χ1n) is 5.06. The molecule has 1 rings (SSSR count). The van der Waals surface area contributed by atoms with Crippen LogP contribution in [0.4, 0.5) is 11.4 Å². The molecule has 5 heteroatoms. The number of rotatable bonds is 4. The number of hydrogen-bond acceptors (Lipinski definition) is 4. The molecule has 0 aliphatic carbocycles. The van der Waals surface area contributed by atoms with Gasteiger partial charge in [0.2, 0.25) is 0 Å². The Bertz CT molecular complexity index is 391. The standard InChI is InChI=1S/C11H16N2O3/c1-8(14)7-12(3)10-5-4-6-11(9(10)2)13(15)16/h4-6,8,14H,7H2,1-3H3. The number of nitro groups is 1. The molecule has 88 valence electrons. The number of anilines is 1. The predicted octanol–water partition coefficient (Wildman–Crippen LogP) is 1.72. The van der Waals surface area contributed by atoms with E-state index >= 15 is 0 Å². The average molecular weight is 224 g/mol. The van der Waals surface area contributed by atoms with Gasteiger partial charge in [-0.2, -0.15) is 0 Å². The first-order chi connectivity index (χ1) is 7.43. The molecule has 0 saturated carbocycles. The Balaban J connectivity index is 3.05. The van der Waals surface area contributed by atoms with Crippen LogP contribution in [0.15, 0.2) is 18.2 Å². The minimum Gasteiger partial charge on any atom is -0.392 e. The fraction of sp³-hybridized carbons (Fsp3) is 0.455. The summed E-state index contributed by atoms with van der Waals surface area (Å²) in [5.41, 5.74) is 1.50. The second-order valence-electron chi connectivity index (χ2n) is 3.91. The molecular formula is C11H16N2O3. The summed E-state index contributed by atoms with van der Waals surface area (Å²) in [6.07, 6.45) is -0.469. The summed E-state index contributed by atoms with van der Waals surface area (Å²) in [6.45, 7) is 3.84. The van der Waals surface area contributed by atoms with Crippen LogP contribution in [0, 0.1) is 17.0 Å². The number of likely N-dealkylation sites (N-methyl/N-ethyl adjacent to an activating group) is 1. The van der Waals surface area contributed by atoms with Gasteiger partial charge in [0, 0.05) is 30.9 Å². The van der Waals surface area contributed by atoms with E-state index in [4.69, 9.17) is 0 Å². The van der Waals surface area contributed by atoms with Crippen LogP contribution in [0.3, 0.4) is 0 Å². The van der Waals surface area contributed by atoms with E-state index in [0.29, 0.717) is 12.1 Å². The van der Waals surface area contributed by atoms with E-state index in [-0.39, 0.29) is 5.69 Å². The van der Waals surface area contributed by atoms with Gasteiger partial charge in [-0.1, -0.05) is 6.07 Å². The lowest BCUT2D eigenvalue weighted by molar-refractivity contribution is -0.385. The van der Waals surface area contributed by atoms with Crippen molar-refractivity contribution < 1.29 is 10.0 Å². The van der Waals surface area contributed by atoms with Gasteiger partial charge in [-0.3, -0.25) is 10.1 Å². The van der Waals surface area contributed by atoms with Crippen molar-refractivity contribution in [2.45, 2.75) is 20.0 Å². The number of nitrogens with zero attached hydrogens (tertiary/aromatic N) is 2. The third-order valence-electron chi connectivity index (χ3n) is 2.42. The van der Waals surface area contributed by atoms with Gasteiger partial charge in [0.15, 0.2) is 0 Å². The first-order valence-corrected chi connectivity index (χ1v) is 5.06. The Kier molecular flexibility index (Phi) is 3.84. The Morgan fingerprint density at radius 2 is 2.19 bits per heavy atom. The lowest BCUT2D eigenvalue weighted by Gasteiger charge is -2.22. The number of aliphatic hydroxyl groups is 1. The summed E-state index contributed by atoms with van der Waals surface area (Å²) in [5.74, 6) is 0. The minimum absolute atomic E-state index is 0.106. The van der Waals surface area contributed by atoms with Crippen molar-refractivity contribution in [2.75, 3.05) is 18.5 Å². The molecule has 0 amide bonds. The first kappa shape index (κ1) is 12.4. The van der Waals surface area contributed by atoms with Gasteiger partial charge in [0.05, 0.1) is 11.0 Å². The summed E-state index contributed by atoms with van der Waals surface area (Å²) >= 11 is 0. The molecule has 1 aromatic rings. The van der Waals surface area contributed by atoms with Gasteiger partial charge in [-0.05, 0) is 19.9 Å². The van der Waals surface area contributed by atoms with E-state index in [9.17, 15) is 15.2 Å². The third kappa shape index (κ3) is 2.70. The Morgan fingerprint density at radius 1 is 1.56 bits per heavy atom. The van der Waals surface area contributed by atoms with Crippen LogP contribution in [-0.4, -0.2) is 29.7 Å². The van der Waals surface area contributed by atoms with Crippen LogP contribution in [0.1, 0.15) is 12.5 Å². The normalized spacial score (nSPS) is 12.2. The van der Waals surface area contributed by atoms with Crippen LogP contribution >= 0.6 is 0 Å². The fourth-order valence-corrected chi connectivity index (χ4v) is 1.72. The predicted molar refractivity (Wildman–Crippen MR) is 62.8 cm³/mol. The van der Waals surface area contributed by atoms with E-state index in [2.05, 4.69) is 0 Å². The van der Waals surface area contributed by atoms with E-state index < -0.39 is 11.0 Å². The summed E-state index contributed by atoms with van der Waals surface area (Å²) in [5, 5.41) is 20.0. The molecule has 0 heterocycles. The average Bonchev–Trinajstić information content (AvgIpc) is 2.16. The van der Waals surface area contributed by atoms with Crippen LogP contribution in [0.5, 0.6) is 0 Å². The monoisotopic (exact) mass is 224 g/mol. The molecule has 0 fully saturated rings. The highest BCUT2D eigenvalue weighted by molar-refractivity contribution is 5.61. The Labute approximate surface area is 94.5 Å². The maximum absolute atomic E-state index is 10.8. The molecule has 16 heavy (non-hydrogen) atoms. The zero-order valence-corrected chi connectivity index (χ0v) is 9.67. The number of benzene rings is 1. The number of hydrogen-bond donors (Lipinski definition) is 1. The SMILES string of the molecule is Cc1c(N(C)CC(C)O)cccc1[N+](=O)[O-]. The zero-order valence-electron chi connectivity index (χ0n) is 9.67. The lowest BCUT2D eigenvalue weighted by Crippen LogP contribution is -2.27. The molecule has 1 N–H and O–H groups in total. The van der Waals surface area contributed by atoms with Gasteiger partial charge in [-0.15, -0.1) is 0 Å². The molecule has 5 nitrogen and oxygen atoms in total. The van der Waals surface area contributed by atoms with E-state index in [1.165, 1.54) is 6.07 Å². The molecule has 0 aromatic heterocycles. The quantitative estimate of drug-likeness (QED) is 0.624. The van der Waals surface area contributed by atoms with Gasteiger partial charge in [0.25, 0.3) is 5.69 Å². The lowest BCUT2D eigenvalue weighted by atomic mass is 10.1. The third-order valence-corrected chi connectivity index (χ3v) is 2.42. The van der Waals surface area contributed by atoms with Crippen molar-refractivity contribution in [3.05, 3.63) is 33.9 Å². The van der Waals surface area contributed by atoms with Crippen LogP contribution in [0.2, 0.25) is 0 Å². The largest absolute Gasteiger partial charge is 0.392 e. The van der Waals surface area contributed by atoms with Crippen LogP contribution in [0.25, 0.3) is 0 Å². The second kappa shape index (κ2) is 4.94. The summed E-state index contributed by atoms with van der Waals surface area (Å²) in [4.78, 5) is 12.2. The Hall–Kier alpha value is -1.62. The fourth-order valence-electron chi connectivity index (χ4n) is 1.72. The smallest absolute Gasteiger partial charge is 0.274 e. The van der Waals surface area contributed by atoms with Crippen molar-refractivity contribution in [2.24, 2.45) is 0 Å². The Morgan fingerprint density at radius 3 is 2.69 bits per heavy atom. The highest BCUT2D eigenvalue weighted by Crippen LogP contribution is 2.27. The van der Waals surface area contributed by atoms with Crippen molar-refractivity contribution in [1.29, 1.82) is 0 Å². The topological polar surface area (TPSA) is 66.6 Å². The van der Waals surface area contributed by atoms with Crippen molar-refractivity contribution in [3.63, 3.8) is 0 Å². The molecule has 1 atom stereocenters. The molecule has 0 spiro atoms. The maximum atomic E-state index is 10.8.